The van der Waals surface area contributed by atoms with E-state index in [1.165, 1.54) is 0 Å². The van der Waals surface area contributed by atoms with E-state index in [4.69, 9.17) is 4.74 Å². The fourth-order valence-electron chi connectivity index (χ4n) is 1.68. The van der Waals surface area contributed by atoms with Gasteiger partial charge in [0.05, 0.1) is 13.2 Å². The molecule has 2 heterocycles. The smallest absolute Gasteiger partial charge is 0.358 e. The molecule has 82 valence electrons. The molecule has 1 atom stereocenters. The van der Waals surface area contributed by atoms with Gasteiger partial charge in [-0.05, 0) is 13.8 Å². The van der Waals surface area contributed by atoms with Crippen LogP contribution in [0.3, 0.4) is 0 Å². The minimum atomic E-state index is -0.341. The Balaban J connectivity index is 2.19. The molecule has 0 aromatic carbocycles. The van der Waals surface area contributed by atoms with Crippen molar-refractivity contribution < 1.29 is 9.53 Å². The van der Waals surface area contributed by atoms with Gasteiger partial charge in [0.2, 0.25) is 0 Å². The number of ether oxygens (including phenoxy) is 1. The molecule has 0 aliphatic carbocycles. The number of nitrogens with one attached hydrogen (secondary N) is 1. The number of carbonyl (C=O) groups is 1. The lowest BCUT2D eigenvalue weighted by Gasteiger charge is -2.21. The number of fused-ring (bicyclic) bond motifs is 1. The SMILES string of the molecule is CCOC(=O)c1cn2c(n1)CNC(C)C2. The second kappa shape index (κ2) is 4.02. The van der Waals surface area contributed by atoms with Crippen LogP contribution in [-0.2, 0) is 17.8 Å². The van der Waals surface area contributed by atoms with E-state index in [0.717, 1.165) is 12.4 Å². The van der Waals surface area contributed by atoms with Gasteiger partial charge in [-0.25, -0.2) is 9.78 Å². The predicted octanol–water partition coefficient (Wildman–Crippen LogP) is 0.551. The van der Waals surface area contributed by atoms with Crippen LogP contribution in [0.2, 0.25) is 0 Å². The maximum absolute atomic E-state index is 11.4. The summed E-state index contributed by atoms with van der Waals surface area (Å²) in [4.78, 5) is 15.7. The topological polar surface area (TPSA) is 56.2 Å². The summed E-state index contributed by atoms with van der Waals surface area (Å²) in [6.07, 6.45) is 1.77. The van der Waals surface area contributed by atoms with Gasteiger partial charge < -0.3 is 14.6 Å². The molecule has 1 aromatic rings. The Morgan fingerprint density at radius 2 is 2.60 bits per heavy atom. The van der Waals surface area contributed by atoms with Gasteiger partial charge in [0, 0.05) is 18.8 Å². The van der Waals surface area contributed by atoms with Gasteiger partial charge in [-0.2, -0.15) is 0 Å². The highest BCUT2D eigenvalue weighted by Crippen LogP contribution is 2.10. The fourth-order valence-corrected chi connectivity index (χ4v) is 1.68. The molecule has 1 aliphatic rings. The van der Waals surface area contributed by atoms with Crippen LogP contribution in [0.4, 0.5) is 0 Å². The molecule has 5 nitrogen and oxygen atoms in total. The van der Waals surface area contributed by atoms with Gasteiger partial charge >= 0.3 is 5.97 Å². The summed E-state index contributed by atoms with van der Waals surface area (Å²) in [7, 11) is 0. The summed E-state index contributed by atoms with van der Waals surface area (Å²) in [5.74, 6) is 0.559. The van der Waals surface area contributed by atoms with Crippen molar-refractivity contribution in [3.05, 3.63) is 17.7 Å². The largest absolute Gasteiger partial charge is 0.461 e. The molecule has 2 rings (SSSR count). The van der Waals surface area contributed by atoms with E-state index in [0.29, 0.717) is 24.9 Å². The molecule has 1 aliphatic heterocycles. The highest BCUT2D eigenvalue weighted by molar-refractivity contribution is 5.87. The first kappa shape index (κ1) is 10.2. The van der Waals surface area contributed by atoms with Gasteiger partial charge in [0.1, 0.15) is 5.82 Å². The van der Waals surface area contributed by atoms with E-state index in [1.807, 2.05) is 4.57 Å². The van der Waals surface area contributed by atoms with Crippen molar-refractivity contribution in [2.45, 2.75) is 33.0 Å². The van der Waals surface area contributed by atoms with Crippen molar-refractivity contribution in [3.63, 3.8) is 0 Å². The normalized spacial score (nSPS) is 19.7. The summed E-state index contributed by atoms with van der Waals surface area (Å²) >= 11 is 0. The number of carbonyl (C=O) groups excluding carboxylic acids is 1. The van der Waals surface area contributed by atoms with Crippen LogP contribution in [0.1, 0.15) is 30.2 Å². The van der Waals surface area contributed by atoms with Gasteiger partial charge in [0.15, 0.2) is 5.69 Å². The average molecular weight is 209 g/mol. The summed E-state index contributed by atoms with van der Waals surface area (Å²) in [6, 6.07) is 0.418. The third kappa shape index (κ3) is 2.02. The highest BCUT2D eigenvalue weighted by Gasteiger charge is 2.19. The number of aromatic nitrogens is 2. The third-order valence-electron chi connectivity index (χ3n) is 2.42. The van der Waals surface area contributed by atoms with Crippen molar-refractivity contribution in [1.29, 1.82) is 0 Å². The number of nitrogens with zero attached hydrogens (tertiary/aromatic N) is 2. The van der Waals surface area contributed by atoms with Crippen molar-refractivity contribution in [1.82, 2.24) is 14.9 Å². The minimum absolute atomic E-state index is 0.341. The second-order valence-corrected chi connectivity index (χ2v) is 3.70. The molecule has 1 unspecified atom stereocenters. The van der Waals surface area contributed by atoms with Crippen molar-refractivity contribution in [2.75, 3.05) is 6.61 Å². The van der Waals surface area contributed by atoms with E-state index in [-0.39, 0.29) is 5.97 Å². The van der Waals surface area contributed by atoms with Crippen LogP contribution in [-0.4, -0.2) is 28.2 Å². The maximum atomic E-state index is 11.4. The Kier molecular flexibility index (Phi) is 2.73. The molecule has 0 saturated heterocycles. The minimum Gasteiger partial charge on any atom is -0.461 e. The number of esters is 1. The van der Waals surface area contributed by atoms with E-state index >= 15 is 0 Å². The van der Waals surface area contributed by atoms with Gasteiger partial charge in [0.25, 0.3) is 0 Å². The zero-order valence-corrected chi connectivity index (χ0v) is 8.99. The van der Waals surface area contributed by atoms with Crippen LogP contribution in [0.15, 0.2) is 6.20 Å². The first-order chi connectivity index (χ1) is 7.20. The van der Waals surface area contributed by atoms with Gasteiger partial charge in [-0.15, -0.1) is 0 Å². The van der Waals surface area contributed by atoms with E-state index in [2.05, 4.69) is 17.2 Å². The zero-order valence-electron chi connectivity index (χ0n) is 8.99. The Morgan fingerprint density at radius 1 is 1.80 bits per heavy atom. The molecule has 1 N–H and O–H groups in total. The lowest BCUT2D eigenvalue weighted by Crippen LogP contribution is -2.36. The molecule has 0 spiro atoms. The molecule has 1 aromatic heterocycles. The Labute approximate surface area is 88.4 Å². The number of rotatable bonds is 2. The van der Waals surface area contributed by atoms with Crippen LogP contribution >= 0.6 is 0 Å². The monoisotopic (exact) mass is 209 g/mol. The highest BCUT2D eigenvalue weighted by atomic mass is 16.5. The zero-order chi connectivity index (χ0) is 10.8. The lowest BCUT2D eigenvalue weighted by molar-refractivity contribution is 0.0520. The number of hydrogen-bond acceptors (Lipinski definition) is 4. The Morgan fingerprint density at radius 3 is 3.33 bits per heavy atom. The Hall–Kier alpha value is -1.36. The molecular formula is C10H15N3O2. The first-order valence-electron chi connectivity index (χ1n) is 5.17. The van der Waals surface area contributed by atoms with E-state index < -0.39 is 0 Å². The van der Waals surface area contributed by atoms with Crippen LogP contribution in [0.5, 0.6) is 0 Å². The number of hydrogen-bond donors (Lipinski definition) is 1. The van der Waals surface area contributed by atoms with E-state index in [9.17, 15) is 4.79 Å². The second-order valence-electron chi connectivity index (χ2n) is 3.70. The quantitative estimate of drug-likeness (QED) is 0.723. The standard InChI is InChI=1S/C10H15N3O2/c1-3-15-10(14)8-6-13-5-7(2)11-4-9(13)12-8/h6-7,11H,3-5H2,1-2H3. The molecule has 5 heteroatoms. The van der Waals surface area contributed by atoms with Gasteiger partial charge in [-0.1, -0.05) is 0 Å². The van der Waals surface area contributed by atoms with Crippen molar-refractivity contribution in [3.8, 4) is 0 Å². The van der Waals surface area contributed by atoms with Gasteiger partial charge in [-0.3, -0.25) is 0 Å². The van der Waals surface area contributed by atoms with Crippen molar-refractivity contribution in [2.24, 2.45) is 0 Å². The fraction of sp³-hybridized carbons (Fsp3) is 0.600. The molecule has 0 amide bonds. The summed E-state index contributed by atoms with van der Waals surface area (Å²) in [5, 5.41) is 3.29. The number of imidazole rings is 1. The lowest BCUT2D eigenvalue weighted by atomic mass is 10.3. The summed E-state index contributed by atoms with van der Waals surface area (Å²) in [5.41, 5.74) is 0.405. The van der Waals surface area contributed by atoms with Crippen LogP contribution < -0.4 is 5.32 Å². The van der Waals surface area contributed by atoms with Crippen LogP contribution in [0.25, 0.3) is 0 Å². The summed E-state index contributed by atoms with van der Waals surface area (Å²) in [6.45, 7) is 5.84. The predicted molar refractivity (Wildman–Crippen MR) is 54.5 cm³/mol. The first-order valence-corrected chi connectivity index (χ1v) is 5.17. The Bertz CT molecular complexity index is 373. The molecule has 0 fully saturated rings. The molecule has 0 saturated carbocycles. The molecule has 15 heavy (non-hydrogen) atoms. The average Bonchev–Trinajstić information content (AvgIpc) is 2.60. The molecule has 0 bridgehead atoms. The molecule has 0 radical (unpaired) electrons. The summed E-state index contributed by atoms with van der Waals surface area (Å²) < 4.78 is 6.90. The van der Waals surface area contributed by atoms with Crippen LogP contribution in [0, 0.1) is 0 Å². The maximum Gasteiger partial charge on any atom is 0.358 e. The van der Waals surface area contributed by atoms with Crippen molar-refractivity contribution >= 4 is 5.97 Å². The molecular weight excluding hydrogens is 194 g/mol. The third-order valence-corrected chi connectivity index (χ3v) is 2.42. The van der Waals surface area contributed by atoms with E-state index in [1.54, 1.807) is 13.1 Å².